The van der Waals surface area contributed by atoms with Gasteiger partial charge in [-0.1, -0.05) is 18.2 Å². The molecule has 0 bridgehead atoms. The second-order valence-corrected chi connectivity index (χ2v) is 9.57. The van der Waals surface area contributed by atoms with Crippen LogP contribution < -0.4 is 10.1 Å². The fourth-order valence-electron chi connectivity index (χ4n) is 4.11. The zero-order valence-corrected chi connectivity index (χ0v) is 17.5. The average Bonchev–Trinajstić information content (AvgIpc) is 3.07. The van der Waals surface area contributed by atoms with E-state index in [1.165, 1.54) is 15.2 Å². The Bertz CT molecular complexity index is 1010. The molecule has 2 aliphatic rings. The van der Waals surface area contributed by atoms with Crippen molar-refractivity contribution in [1.82, 2.24) is 19.4 Å². The van der Waals surface area contributed by atoms with Crippen LogP contribution in [0.2, 0.25) is 0 Å². The molecule has 156 valence electrons. The van der Waals surface area contributed by atoms with Crippen molar-refractivity contribution in [3.63, 3.8) is 0 Å². The number of carbonyl (C=O) groups excluding carboxylic acids is 1. The third-order valence-electron chi connectivity index (χ3n) is 5.69. The van der Waals surface area contributed by atoms with Gasteiger partial charge in [0, 0.05) is 44.2 Å². The third-order valence-corrected chi connectivity index (χ3v) is 7.69. The Labute approximate surface area is 170 Å². The number of aryl methyl sites for hydroxylation is 2. The molecule has 2 aliphatic heterocycles. The number of fused-ring (bicyclic) bond motifs is 1. The molecule has 2 aromatic rings. The fraction of sp³-hybridized carbons (Fsp3) is 0.500. The molecule has 0 spiro atoms. The Morgan fingerprint density at radius 1 is 1.21 bits per heavy atom. The van der Waals surface area contributed by atoms with Gasteiger partial charge in [0.05, 0.1) is 18.3 Å². The topological polar surface area (TPSA) is 93.5 Å². The lowest BCUT2D eigenvalue weighted by molar-refractivity contribution is -0.127. The van der Waals surface area contributed by atoms with E-state index in [1.54, 1.807) is 14.0 Å². The third kappa shape index (κ3) is 3.89. The Hall–Kier alpha value is -2.39. The van der Waals surface area contributed by atoms with E-state index in [4.69, 9.17) is 4.74 Å². The van der Waals surface area contributed by atoms with Crippen LogP contribution in [0, 0.1) is 12.8 Å². The molecule has 8 nitrogen and oxygen atoms in total. The van der Waals surface area contributed by atoms with Crippen LogP contribution in [0.4, 0.5) is 0 Å². The van der Waals surface area contributed by atoms with Gasteiger partial charge in [0.15, 0.2) is 0 Å². The van der Waals surface area contributed by atoms with Crippen LogP contribution in [0.15, 0.2) is 35.4 Å². The molecule has 29 heavy (non-hydrogen) atoms. The second kappa shape index (κ2) is 7.79. The summed E-state index contributed by atoms with van der Waals surface area (Å²) in [7, 11) is -1.88. The fourth-order valence-corrected chi connectivity index (χ4v) is 5.78. The molecule has 1 fully saturated rings. The lowest BCUT2D eigenvalue weighted by Crippen LogP contribution is -2.44. The number of rotatable bonds is 4. The van der Waals surface area contributed by atoms with E-state index in [0.717, 1.165) is 17.7 Å². The van der Waals surface area contributed by atoms with Gasteiger partial charge in [-0.3, -0.25) is 9.48 Å². The van der Waals surface area contributed by atoms with Gasteiger partial charge in [0.2, 0.25) is 15.9 Å². The van der Waals surface area contributed by atoms with Crippen molar-refractivity contribution in [3.8, 4) is 5.75 Å². The average molecular weight is 419 g/mol. The Balaban J connectivity index is 1.39. The summed E-state index contributed by atoms with van der Waals surface area (Å²) in [4.78, 5) is 13.1. The number of sulfonamides is 1. The molecular weight excluding hydrogens is 392 g/mol. The van der Waals surface area contributed by atoms with Crippen LogP contribution in [-0.2, 0) is 21.9 Å². The smallest absolute Gasteiger partial charge is 0.246 e. The van der Waals surface area contributed by atoms with Crippen LogP contribution in [0.25, 0.3) is 0 Å². The zero-order valence-electron chi connectivity index (χ0n) is 16.7. The number of amides is 1. The van der Waals surface area contributed by atoms with Crippen LogP contribution in [0.1, 0.15) is 36.6 Å². The number of para-hydroxylation sites is 1. The highest BCUT2D eigenvalue weighted by Gasteiger charge is 2.34. The minimum Gasteiger partial charge on any atom is -0.493 e. The molecule has 1 amide bonds. The van der Waals surface area contributed by atoms with Gasteiger partial charge >= 0.3 is 0 Å². The summed E-state index contributed by atoms with van der Waals surface area (Å²) in [6, 6.07) is 7.69. The molecule has 1 aromatic heterocycles. The van der Waals surface area contributed by atoms with Gasteiger partial charge in [-0.05, 0) is 25.8 Å². The maximum Gasteiger partial charge on any atom is 0.246 e. The highest BCUT2D eigenvalue weighted by Crippen LogP contribution is 2.32. The lowest BCUT2D eigenvalue weighted by Gasteiger charge is -2.32. The summed E-state index contributed by atoms with van der Waals surface area (Å²) in [5.74, 6) is 0.615. The Morgan fingerprint density at radius 2 is 1.93 bits per heavy atom. The van der Waals surface area contributed by atoms with E-state index in [9.17, 15) is 13.2 Å². The summed E-state index contributed by atoms with van der Waals surface area (Å²) in [6.07, 6.45) is 3.28. The molecule has 0 saturated carbocycles. The number of benzene rings is 1. The summed E-state index contributed by atoms with van der Waals surface area (Å²) in [5, 5.41) is 7.28. The number of nitrogens with zero attached hydrogens (tertiary/aromatic N) is 3. The highest BCUT2D eigenvalue weighted by atomic mass is 32.2. The second-order valence-electron chi connectivity index (χ2n) is 7.67. The maximum atomic E-state index is 12.9. The van der Waals surface area contributed by atoms with Gasteiger partial charge in [-0.25, -0.2) is 8.42 Å². The number of nitrogens with one attached hydrogen (secondary N) is 1. The van der Waals surface area contributed by atoms with E-state index in [0.29, 0.717) is 38.2 Å². The summed E-state index contributed by atoms with van der Waals surface area (Å²) < 4.78 is 34.4. The standard InChI is InChI=1S/C20H26N4O4S/c1-14-19(13-23(2)22-14)29(26,27)24-10-7-15(8-11-24)20(25)21-17-9-12-28-18-6-4-3-5-16(17)18/h3-6,13,15,17H,7-12H2,1-2H3,(H,21,25)/t17-/m0/s1. The first-order valence-corrected chi connectivity index (χ1v) is 11.3. The maximum absolute atomic E-state index is 12.9. The van der Waals surface area contributed by atoms with Gasteiger partial charge in [0.25, 0.3) is 0 Å². The molecule has 0 aliphatic carbocycles. The van der Waals surface area contributed by atoms with Crippen molar-refractivity contribution < 1.29 is 17.9 Å². The van der Waals surface area contributed by atoms with E-state index < -0.39 is 10.0 Å². The molecule has 1 saturated heterocycles. The molecule has 1 atom stereocenters. The normalized spacial score (nSPS) is 20.7. The quantitative estimate of drug-likeness (QED) is 0.817. The van der Waals surface area contributed by atoms with Crippen LogP contribution in [0.5, 0.6) is 5.75 Å². The monoisotopic (exact) mass is 418 g/mol. The molecule has 3 heterocycles. The summed E-state index contributed by atoms with van der Waals surface area (Å²) in [6.45, 7) is 2.93. The van der Waals surface area contributed by atoms with Crippen LogP contribution >= 0.6 is 0 Å². The SMILES string of the molecule is Cc1nn(C)cc1S(=O)(=O)N1CCC(C(=O)N[C@H]2CCOc3ccccc32)CC1. The molecule has 0 unspecified atom stereocenters. The first-order chi connectivity index (χ1) is 13.9. The summed E-state index contributed by atoms with van der Waals surface area (Å²) in [5.41, 5.74) is 1.49. The Kier molecular flexibility index (Phi) is 5.35. The zero-order chi connectivity index (χ0) is 20.6. The molecule has 1 N–H and O–H groups in total. The van der Waals surface area contributed by atoms with Crippen molar-refractivity contribution in [3.05, 3.63) is 41.7 Å². The minimum absolute atomic E-state index is 0.0127. The van der Waals surface area contributed by atoms with Crippen LogP contribution in [0.3, 0.4) is 0 Å². The largest absolute Gasteiger partial charge is 0.493 e. The van der Waals surface area contributed by atoms with Crippen molar-refractivity contribution in [1.29, 1.82) is 0 Å². The van der Waals surface area contributed by atoms with Crippen LogP contribution in [-0.4, -0.2) is 48.1 Å². The first kappa shape index (κ1) is 19.9. The number of carbonyl (C=O) groups is 1. The van der Waals surface area contributed by atoms with Gasteiger partial charge < -0.3 is 10.1 Å². The number of hydrogen-bond acceptors (Lipinski definition) is 5. The van der Waals surface area contributed by atoms with E-state index in [2.05, 4.69) is 10.4 Å². The lowest BCUT2D eigenvalue weighted by atomic mass is 9.95. The van der Waals surface area contributed by atoms with Gasteiger partial charge in [-0.15, -0.1) is 0 Å². The predicted molar refractivity (Wildman–Crippen MR) is 107 cm³/mol. The van der Waals surface area contributed by atoms with E-state index in [1.807, 2.05) is 24.3 Å². The molecule has 4 rings (SSSR count). The van der Waals surface area contributed by atoms with Crippen molar-refractivity contribution in [2.45, 2.75) is 37.1 Å². The number of aromatic nitrogens is 2. The molecule has 1 aromatic carbocycles. The van der Waals surface area contributed by atoms with E-state index >= 15 is 0 Å². The molecule has 0 radical (unpaired) electrons. The highest BCUT2D eigenvalue weighted by molar-refractivity contribution is 7.89. The van der Waals surface area contributed by atoms with Crippen molar-refractivity contribution >= 4 is 15.9 Å². The molecule has 9 heteroatoms. The first-order valence-electron chi connectivity index (χ1n) is 9.89. The number of piperidine rings is 1. The summed E-state index contributed by atoms with van der Waals surface area (Å²) >= 11 is 0. The number of hydrogen-bond donors (Lipinski definition) is 1. The van der Waals surface area contributed by atoms with Crippen molar-refractivity contribution in [2.24, 2.45) is 13.0 Å². The van der Waals surface area contributed by atoms with Gasteiger partial charge in [-0.2, -0.15) is 9.40 Å². The minimum atomic E-state index is -3.59. The van der Waals surface area contributed by atoms with E-state index in [-0.39, 0.29) is 22.8 Å². The van der Waals surface area contributed by atoms with Gasteiger partial charge in [0.1, 0.15) is 10.6 Å². The van der Waals surface area contributed by atoms with Crippen molar-refractivity contribution in [2.75, 3.05) is 19.7 Å². The number of ether oxygens (including phenoxy) is 1. The Morgan fingerprint density at radius 3 is 2.62 bits per heavy atom. The predicted octanol–water partition coefficient (Wildman–Crippen LogP) is 1.77. The molecular formula is C20H26N4O4S.